The maximum Gasteiger partial charge on any atom is 0.0826 e. The molecule has 0 saturated carbocycles. The van der Waals surface area contributed by atoms with Gasteiger partial charge in [0.25, 0.3) is 0 Å². The number of ether oxygens (including phenoxy) is 1. The van der Waals surface area contributed by atoms with E-state index >= 15 is 0 Å². The molecule has 2 atom stereocenters. The van der Waals surface area contributed by atoms with Gasteiger partial charge in [0, 0.05) is 37.5 Å². The van der Waals surface area contributed by atoms with E-state index in [1.165, 1.54) is 24.3 Å². The number of hydrogen-bond acceptors (Lipinski definition) is 4. The molecule has 0 aliphatic carbocycles. The van der Waals surface area contributed by atoms with Crippen molar-refractivity contribution in [3.8, 4) is 0 Å². The average Bonchev–Trinajstić information content (AvgIpc) is 2.38. The van der Waals surface area contributed by atoms with Gasteiger partial charge < -0.3 is 10.1 Å². The summed E-state index contributed by atoms with van der Waals surface area (Å²) in [5.74, 6) is 2.62. The van der Waals surface area contributed by atoms with Crippen LogP contribution in [0.25, 0.3) is 0 Å². The zero-order valence-corrected chi connectivity index (χ0v) is 12.0. The molecule has 2 rings (SSSR count). The van der Waals surface area contributed by atoms with E-state index in [1.54, 1.807) is 0 Å². The third kappa shape index (κ3) is 4.43. The summed E-state index contributed by atoms with van der Waals surface area (Å²) in [6.07, 6.45) is 3.10. The van der Waals surface area contributed by atoms with Gasteiger partial charge in [0.15, 0.2) is 0 Å². The molecule has 2 heterocycles. The fourth-order valence-electron chi connectivity index (χ4n) is 2.53. The third-order valence-corrected chi connectivity index (χ3v) is 4.91. The van der Waals surface area contributed by atoms with Gasteiger partial charge in [-0.2, -0.15) is 11.8 Å². The molecule has 0 bridgehead atoms. The molecule has 0 radical (unpaired) electrons. The molecule has 2 aliphatic rings. The lowest BCUT2D eigenvalue weighted by Gasteiger charge is -2.36. The first-order valence-electron chi connectivity index (χ1n) is 6.92. The predicted molar refractivity (Wildman–Crippen MR) is 74.8 cm³/mol. The van der Waals surface area contributed by atoms with Crippen LogP contribution in [0.3, 0.4) is 0 Å². The van der Waals surface area contributed by atoms with E-state index in [9.17, 15) is 0 Å². The average molecular weight is 258 g/mol. The lowest BCUT2D eigenvalue weighted by molar-refractivity contribution is -0.0380. The molecule has 100 valence electrons. The molecule has 1 N–H and O–H groups in total. The van der Waals surface area contributed by atoms with E-state index < -0.39 is 0 Å². The molecular formula is C13H26N2OS. The maximum absolute atomic E-state index is 5.84. The Morgan fingerprint density at radius 1 is 1.47 bits per heavy atom. The first-order chi connectivity index (χ1) is 8.25. The Hall–Kier alpha value is 0.230. The van der Waals surface area contributed by atoms with E-state index in [1.807, 2.05) is 0 Å². The highest BCUT2D eigenvalue weighted by Crippen LogP contribution is 2.17. The van der Waals surface area contributed by atoms with Crippen LogP contribution in [-0.4, -0.2) is 60.8 Å². The molecule has 2 aliphatic heterocycles. The van der Waals surface area contributed by atoms with Crippen LogP contribution in [0, 0.1) is 0 Å². The quantitative estimate of drug-likeness (QED) is 0.827. The van der Waals surface area contributed by atoms with Gasteiger partial charge in [-0.15, -0.1) is 0 Å². The molecule has 17 heavy (non-hydrogen) atoms. The van der Waals surface area contributed by atoms with Gasteiger partial charge >= 0.3 is 0 Å². The molecule has 2 fully saturated rings. The van der Waals surface area contributed by atoms with Crippen LogP contribution < -0.4 is 5.32 Å². The van der Waals surface area contributed by atoms with Gasteiger partial charge in [-0.1, -0.05) is 0 Å². The highest BCUT2D eigenvalue weighted by molar-refractivity contribution is 7.99. The van der Waals surface area contributed by atoms with Crippen molar-refractivity contribution in [2.24, 2.45) is 0 Å². The molecule has 0 amide bonds. The summed E-state index contributed by atoms with van der Waals surface area (Å²) in [6.45, 7) is 8.64. The van der Waals surface area contributed by atoms with Crippen LogP contribution in [0.15, 0.2) is 0 Å². The SMILES string of the molecule is CC(C)N1CCOC(CNC2CCCSC2)C1. The molecule has 0 spiro atoms. The van der Waals surface area contributed by atoms with Crippen molar-refractivity contribution in [3.05, 3.63) is 0 Å². The zero-order valence-electron chi connectivity index (χ0n) is 11.2. The minimum atomic E-state index is 0.387. The second-order valence-corrected chi connectivity index (χ2v) is 6.55. The second kappa shape index (κ2) is 6.98. The van der Waals surface area contributed by atoms with Crippen molar-refractivity contribution in [1.29, 1.82) is 0 Å². The number of thioether (sulfide) groups is 1. The first kappa shape index (κ1) is 13.7. The van der Waals surface area contributed by atoms with Crippen LogP contribution in [0.2, 0.25) is 0 Å². The van der Waals surface area contributed by atoms with Gasteiger partial charge in [-0.3, -0.25) is 4.90 Å². The third-order valence-electron chi connectivity index (χ3n) is 3.69. The van der Waals surface area contributed by atoms with Gasteiger partial charge in [0.1, 0.15) is 0 Å². The lowest BCUT2D eigenvalue weighted by Crippen LogP contribution is -2.50. The Balaban J connectivity index is 1.67. The number of rotatable bonds is 4. The van der Waals surface area contributed by atoms with Gasteiger partial charge in [0.2, 0.25) is 0 Å². The monoisotopic (exact) mass is 258 g/mol. The highest BCUT2D eigenvalue weighted by Gasteiger charge is 2.23. The molecular weight excluding hydrogens is 232 g/mol. The van der Waals surface area contributed by atoms with Gasteiger partial charge in [-0.25, -0.2) is 0 Å². The normalized spacial score (nSPS) is 31.9. The predicted octanol–water partition coefficient (Wildman–Crippen LogP) is 1.58. The summed E-state index contributed by atoms with van der Waals surface area (Å²) < 4.78 is 5.84. The summed E-state index contributed by atoms with van der Waals surface area (Å²) in [5, 5.41) is 3.68. The minimum Gasteiger partial charge on any atom is -0.374 e. The van der Waals surface area contributed by atoms with Crippen molar-refractivity contribution in [2.75, 3.05) is 37.7 Å². The Kier molecular flexibility index (Phi) is 5.60. The van der Waals surface area contributed by atoms with Crippen LogP contribution >= 0.6 is 11.8 Å². The fraction of sp³-hybridized carbons (Fsp3) is 1.00. The van der Waals surface area contributed by atoms with Gasteiger partial charge in [-0.05, 0) is 32.4 Å². The van der Waals surface area contributed by atoms with E-state index in [0.29, 0.717) is 18.2 Å². The van der Waals surface area contributed by atoms with Crippen LogP contribution in [0.1, 0.15) is 26.7 Å². The summed E-state index contributed by atoms with van der Waals surface area (Å²) in [7, 11) is 0. The van der Waals surface area contributed by atoms with E-state index in [-0.39, 0.29) is 0 Å². The Morgan fingerprint density at radius 3 is 3.06 bits per heavy atom. The number of nitrogens with zero attached hydrogens (tertiary/aromatic N) is 1. The topological polar surface area (TPSA) is 24.5 Å². The molecule has 0 aromatic carbocycles. The molecule has 0 aromatic heterocycles. The van der Waals surface area contributed by atoms with Crippen LogP contribution in [-0.2, 0) is 4.74 Å². The summed E-state index contributed by atoms with van der Waals surface area (Å²) in [6, 6.07) is 1.36. The Morgan fingerprint density at radius 2 is 2.35 bits per heavy atom. The fourth-order valence-corrected chi connectivity index (χ4v) is 3.64. The zero-order chi connectivity index (χ0) is 12.1. The minimum absolute atomic E-state index is 0.387. The Labute approximate surface area is 110 Å². The maximum atomic E-state index is 5.84. The standard InChI is InChI=1S/C13H26N2OS/c1-11(2)15-5-6-16-13(9-15)8-14-12-4-3-7-17-10-12/h11-14H,3-10H2,1-2H3. The molecule has 4 heteroatoms. The summed E-state index contributed by atoms with van der Waals surface area (Å²) in [4.78, 5) is 2.52. The van der Waals surface area contributed by atoms with Crippen LogP contribution in [0.4, 0.5) is 0 Å². The largest absolute Gasteiger partial charge is 0.374 e. The summed E-state index contributed by atoms with van der Waals surface area (Å²) >= 11 is 2.08. The number of morpholine rings is 1. The van der Waals surface area contributed by atoms with Crippen molar-refractivity contribution in [2.45, 2.75) is 44.9 Å². The first-order valence-corrected chi connectivity index (χ1v) is 8.08. The van der Waals surface area contributed by atoms with E-state index in [4.69, 9.17) is 4.74 Å². The molecule has 0 aromatic rings. The van der Waals surface area contributed by atoms with Crippen molar-refractivity contribution in [3.63, 3.8) is 0 Å². The van der Waals surface area contributed by atoms with Crippen molar-refractivity contribution < 1.29 is 4.74 Å². The van der Waals surface area contributed by atoms with E-state index in [0.717, 1.165) is 26.2 Å². The Bertz CT molecular complexity index is 219. The van der Waals surface area contributed by atoms with Crippen molar-refractivity contribution in [1.82, 2.24) is 10.2 Å². The van der Waals surface area contributed by atoms with Crippen molar-refractivity contribution >= 4 is 11.8 Å². The molecule has 3 nitrogen and oxygen atoms in total. The number of nitrogens with one attached hydrogen (secondary N) is 1. The van der Waals surface area contributed by atoms with Crippen LogP contribution in [0.5, 0.6) is 0 Å². The number of hydrogen-bond donors (Lipinski definition) is 1. The highest BCUT2D eigenvalue weighted by atomic mass is 32.2. The lowest BCUT2D eigenvalue weighted by atomic mass is 10.1. The molecule has 2 unspecified atom stereocenters. The van der Waals surface area contributed by atoms with E-state index in [2.05, 4.69) is 35.8 Å². The smallest absolute Gasteiger partial charge is 0.0826 e. The van der Waals surface area contributed by atoms with Gasteiger partial charge in [0.05, 0.1) is 12.7 Å². The summed E-state index contributed by atoms with van der Waals surface area (Å²) in [5.41, 5.74) is 0. The second-order valence-electron chi connectivity index (χ2n) is 5.40. The molecule has 2 saturated heterocycles.